The highest BCUT2D eigenvalue weighted by Gasteiger charge is 2.23. The highest BCUT2D eigenvalue weighted by molar-refractivity contribution is 7.90. The Kier molecular flexibility index (Phi) is 4.90. The highest BCUT2D eigenvalue weighted by Crippen LogP contribution is 2.37. The number of methoxy groups -OCH3 is 2. The van der Waals surface area contributed by atoms with Gasteiger partial charge in [-0.3, -0.25) is 4.79 Å². The first kappa shape index (κ1) is 15.5. The van der Waals surface area contributed by atoms with Gasteiger partial charge in [-0.25, -0.2) is 8.42 Å². The van der Waals surface area contributed by atoms with Crippen LogP contribution in [0.25, 0.3) is 0 Å². The van der Waals surface area contributed by atoms with E-state index >= 15 is 0 Å². The van der Waals surface area contributed by atoms with Crippen LogP contribution in [0.4, 0.5) is 0 Å². The molecule has 0 fully saturated rings. The summed E-state index contributed by atoms with van der Waals surface area (Å²) >= 11 is 0. The van der Waals surface area contributed by atoms with Gasteiger partial charge in [-0.2, -0.15) is 0 Å². The number of likely N-dealkylation sites (N-methyl/N-ethyl adjacent to an activating group) is 1. The summed E-state index contributed by atoms with van der Waals surface area (Å²) in [6.45, 7) is 0.123. The summed E-state index contributed by atoms with van der Waals surface area (Å²) in [6.07, 6.45) is 1.07. The largest absolute Gasteiger partial charge is 0.492 e. The Morgan fingerprint density at radius 2 is 1.79 bits per heavy atom. The van der Waals surface area contributed by atoms with Crippen LogP contribution in [-0.4, -0.2) is 48.3 Å². The minimum Gasteiger partial charge on any atom is -0.492 e. The average molecular weight is 287 g/mol. The van der Waals surface area contributed by atoms with Gasteiger partial charge < -0.3 is 14.8 Å². The number of ketones is 1. The SMILES string of the molecule is CNCC(=O)c1ccc(S(C)(=O)=O)c(OC)c1OC. The van der Waals surface area contributed by atoms with Gasteiger partial charge in [0.15, 0.2) is 27.1 Å². The molecular formula is C12H17NO5S. The van der Waals surface area contributed by atoms with Crippen LogP contribution >= 0.6 is 0 Å². The van der Waals surface area contributed by atoms with Crippen molar-refractivity contribution in [3.63, 3.8) is 0 Å². The molecule has 7 heteroatoms. The molecule has 0 bridgehead atoms. The van der Waals surface area contributed by atoms with E-state index in [0.717, 1.165) is 6.26 Å². The molecule has 0 aliphatic rings. The lowest BCUT2D eigenvalue weighted by atomic mass is 10.1. The third kappa shape index (κ3) is 3.24. The van der Waals surface area contributed by atoms with Crippen LogP contribution in [0.15, 0.2) is 17.0 Å². The van der Waals surface area contributed by atoms with E-state index in [1.165, 1.54) is 26.4 Å². The van der Waals surface area contributed by atoms with Crippen LogP contribution in [-0.2, 0) is 9.84 Å². The minimum atomic E-state index is -3.46. The summed E-state index contributed by atoms with van der Waals surface area (Å²) in [4.78, 5) is 11.9. The molecule has 1 rings (SSSR count). The van der Waals surface area contributed by atoms with E-state index in [-0.39, 0.29) is 34.3 Å². The summed E-state index contributed by atoms with van der Waals surface area (Å²) in [6, 6.07) is 2.77. The van der Waals surface area contributed by atoms with Crippen molar-refractivity contribution in [3.05, 3.63) is 17.7 Å². The van der Waals surface area contributed by atoms with E-state index < -0.39 is 9.84 Å². The molecule has 0 saturated heterocycles. The van der Waals surface area contributed by atoms with E-state index in [1.807, 2.05) is 0 Å². The number of nitrogens with one attached hydrogen (secondary N) is 1. The lowest BCUT2D eigenvalue weighted by Crippen LogP contribution is -2.19. The number of carbonyl (C=O) groups is 1. The molecule has 1 aromatic rings. The van der Waals surface area contributed by atoms with Crippen molar-refractivity contribution >= 4 is 15.6 Å². The third-order valence-corrected chi connectivity index (χ3v) is 3.64. The van der Waals surface area contributed by atoms with E-state index in [0.29, 0.717) is 0 Å². The van der Waals surface area contributed by atoms with E-state index in [9.17, 15) is 13.2 Å². The summed E-state index contributed by atoms with van der Waals surface area (Å²) in [5, 5.41) is 2.74. The zero-order chi connectivity index (χ0) is 14.6. The van der Waals surface area contributed by atoms with Crippen LogP contribution in [0.2, 0.25) is 0 Å². The molecule has 0 radical (unpaired) electrons. The molecule has 0 spiro atoms. The molecule has 19 heavy (non-hydrogen) atoms. The molecule has 1 N–H and O–H groups in total. The molecule has 0 saturated carbocycles. The predicted molar refractivity (Wildman–Crippen MR) is 70.9 cm³/mol. The second kappa shape index (κ2) is 6.03. The van der Waals surface area contributed by atoms with Crippen molar-refractivity contribution in [2.45, 2.75) is 4.90 Å². The number of sulfone groups is 1. The Bertz CT molecular complexity index is 580. The molecule has 106 valence electrons. The van der Waals surface area contributed by atoms with Gasteiger partial charge in [0.05, 0.1) is 26.3 Å². The number of ether oxygens (including phenoxy) is 2. The number of benzene rings is 1. The zero-order valence-corrected chi connectivity index (χ0v) is 12.1. The molecule has 0 unspecified atom stereocenters. The third-order valence-electron chi connectivity index (χ3n) is 2.52. The second-order valence-electron chi connectivity index (χ2n) is 3.90. The highest BCUT2D eigenvalue weighted by atomic mass is 32.2. The predicted octanol–water partition coefficient (Wildman–Crippen LogP) is 0.509. The topological polar surface area (TPSA) is 81.7 Å². The van der Waals surface area contributed by atoms with Gasteiger partial charge in [-0.1, -0.05) is 0 Å². The molecular weight excluding hydrogens is 270 g/mol. The monoisotopic (exact) mass is 287 g/mol. The van der Waals surface area contributed by atoms with Gasteiger partial charge in [0, 0.05) is 6.26 Å². The lowest BCUT2D eigenvalue weighted by molar-refractivity contribution is 0.0990. The minimum absolute atomic E-state index is 0.00661. The summed E-state index contributed by atoms with van der Waals surface area (Å²) in [5.74, 6) is -0.0321. The first-order valence-corrected chi connectivity index (χ1v) is 7.38. The lowest BCUT2D eigenvalue weighted by Gasteiger charge is -2.15. The molecule has 6 nitrogen and oxygen atoms in total. The van der Waals surface area contributed by atoms with Gasteiger partial charge in [-0.05, 0) is 19.2 Å². The summed E-state index contributed by atoms with van der Waals surface area (Å²) in [5.41, 5.74) is 0.279. The van der Waals surface area contributed by atoms with Gasteiger partial charge in [0.1, 0.15) is 4.90 Å². The fourth-order valence-corrected chi connectivity index (χ4v) is 2.54. The number of hydrogen-bond donors (Lipinski definition) is 1. The van der Waals surface area contributed by atoms with Crippen molar-refractivity contribution in [1.29, 1.82) is 0 Å². The van der Waals surface area contributed by atoms with Gasteiger partial charge in [0.25, 0.3) is 0 Å². The van der Waals surface area contributed by atoms with Crippen LogP contribution in [0, 0.1) is 0 Å². The Hall–Kier alpha value is -1.60. The van der Waals surface area contributed by atoms with Crippen molar-refractivity contribution in [3.8, 4) is 11.5 Å². The smallest absolute Gasteiger partial charge is 0.180 e. The van der Waals surface area contributed by atoms with Gasteiger partial charge >= 0.3 is 0 Å². The quantitative estimate of drug-likeness (QED) is 0.768. The van der Waals surface area contributed by atoms with Crippen LogP contribution in [0.1, 0.15) is 10.4 Å². The molecule has 0 heterocycles. The zero-order valence-electron chi connectivity index (χ0n) is 11.3. The molecule has 0 aliphatic carbocycles. The first-order chi connectivity index (χ1) is 8.86. The Labute approximate surface area is 112 Å². The molecule has 0 aliphatic heterocycles. The molecule has 0 amide bonds. The van der Waals surface area contributed by atoms with E-state index in [2.05, 4.69) is 5.32 Å². The number of Topliss-reactive ketones (excluding diaryl/α,β-unsaturated/α-hetero) is 1. The standard InChI is InChI=1S/C12H17NO5S/c1-13-7-9(14)8-5-6-10(19(4,15)16)12(18-3)11(8)17-2/h5-6,13H,7H2,1-4H3. The maximum atomic E-state index is 11.9. The van der Waals surface area contributed by atoms with E-state index in [4.69, 9.17) is 9.47 Å². The maximum Gasteiger partial charge on any atom is 0.180 e. The fourth-order valence-electron chi connectivity index (χ4n) is 1.71. The average Bonchev–Trinajstić information content (AvgIpc) is 2.35. The number of rotatable bonds is 6. The maximum absolute atomic E-state index is 11.9. The molecule has 1 aromatic carbocycles. The summed E-state index contributed by atoms with van der Waals surface area (Å²) in [7, 11) is 0.874. The van der Waals surface area contributed by atoms with Crippen molar-refractivity contribution < 1.29 is 22.7 Å². The molecule has 0 aromatic heterocycles. The van der Waals surface area contributed by atoms with Gasteiger partial charge in [-0.15, -0.1) is 0 Å². The van der Waals surface area contributed by atoms with Crippen LogP contribution in [0.5, 0.6) is 11.5 Å². The van der Waals surface area contributed by atoms with Crippen molar-refractivity contribution in [1.82, 2.24) is 5.32 Å². The Balaban J connectivity index is 3.52. The van der Waals surface area contributed by atoms with E-state index in [1.54, 1.807) is 7.05 Å². The summed E-state index contributed by atoms with van der Waals surface area (Å²) < 4.78 is 33.5. The normalized spacial score (nSPS) is 11.2. The van der Waals surface area contributed by atoms with Crippen molar-refractivity contribution in [2.24, 2.45) is 0 Å². The first-order valence-electron chi connectivity index (χ1n) is 5.49. The van der Waals surface area contributed by atoms with Crippen molar-refractivity contribution in [2.75, 3.05) is 34.1 Å². The van der Waals surface area contributed by atoms with Crippen LogP contribution in [0.3, 0.4) is 0 Å². The fraction of sp³-hybridized carbons (Fsp3) is 0.417. The van der Waals surface area contributed by atoms with Gasteiger partial charge in [0.2, 0.25) is 0 Å². The number of carbonyl (C=O) groups excluding carboxylic acids is 1. The second-order valence-corrected chi connectivity index (χ2v) is 5.89. The Morgan fingerprint density at radius 3 is 2.21 bits per heavy atom. The van der Waals surface area contributed by atoms with Crippen LogP contribution < -0.4 is 14.8 Å². The number of hydrogen-bond acceptors (Lipinski definition) is 6. The molecule has 0 atom stereocenters. The Morgan fingerprint density at radius 1 is 1.21 bits per heavy atom.